The quantitative estimate of drug-likeness (QED) is 0.684. The van der Waals surface area contributed by atoms with Gasteiger partial charge < -0.3 is 14.8 Å². The van der Waals surface area contributed by atoms with Gasteiger partial charge in [0.25, 0.3) is 5.91 Å². The molecule has 0 saturated heterocycles. The van der Waals surface area contributed by atoms with E-state index >= 15 is 0 Å². The molecule has 0 spiro atoms. The lowest BCUT2D eigenvalue weighted by Gasteiger charge is -2.07. The van der Waals surface area contributed by atoms with Gasteiger partial charge in [0.1, 0.15) is 11.4 Å². The molecular weight excluding hydrogens is 294 g/mol. The van der Waals surface area contributed by atoms with Gasteiger partial charge in [-0.3, -0.25) is 4.79 Å². The molecule has 0 radical (unpaired) electrons. The normalized spacial score (nSPS) is 10.7. The summed E-state index contributed by atoms with van der Waals surface area (Å²) in [5.41, 5.74) is 1.80. The van der Waals surface area contributed by atoms with Crippen molar-refractivity contribution in [1.29, 1.82) is 0 Å². The highest BCUT2D eigenvalue weighted by atomic mass is 16.3. The van der Waals surface area contributed by atoms with Crippen molar-refractivity contribution in [3.63, 3.8) is 0 Å². The molecule has 3 aromatic rings. The van der Waals surface area contributed by atoms with Gasteiger partial charge in [-0.2, -0.15) is 5.10 Å². The Morgan fingerprint density at radius 3 is 2.74 bits per heavy atom. The van der Waals surface area contributed by atoms with Gasteiger partial charge in [-0.15, -0.1) is 0 Å². The summed E-state index contributed by atoms with van der Waals surface area (Å²) in [6, 6.07) is 14.7. The monoisotopic (exact) mass is 311 g/mol. The predicted molar refractivity (Wildman–Crippen MR) is 85.3 cm³/mol. The summed E-state index contributed by atoms with van der Waals surface area (Å²) in [6.45, 7) is 0.446. The lowest BCUT2D eigenvalue weighted by molar-refractivity contribution is 0.0943. The van der Waals surface area contributed by atoms with E-state index in [1.54, 1.807) is 29.1 Å². The maximum Gasteiger partial charge on any atom is 0.270 e. The minimum atomic E-state index is -0.243. The fourth-order valence-corrected chi connectivity index (χ4v) is 2.23. The van der Waals surface area contributed by atoms with Crippen LogP contribution < -0.4 is 5.32 Å². The number of aliphatic hydroxyl groups is 1. The fraction of sp³-hybridized carbons (Fsp3) is 0.176. The summed E-state index contributed by atoms with van der Waals surface area (Å²) in [6.07, 6.45) is 2.08. The summed E-state index contributed by atoms with van der Waals surface area (Å²) in [5.74, 6) is 0.358. The number of hydrogen-bond donors (Lipinski definition) is 2. The number of nitrogens with one attached hydrogen (secondary N) is 1. The number of hydrogen-bond acceptors (Lipinski definition) is 4. The lowest BCUT2D eigenvalue weighted by atomic mass is 10.2. The highest BCUT2D eigenvalue weighted by molar-refractivity contribution is 5.94. The summed E-state index contributed by atoms with van der Waals surface area (Å²) in [4.78, 5) is 12.4. The first kappa shape index (κ1) is 15.1. The van der Waals surface area contributed by atoms with Crippen LogP contribution in [0.25, 0.3) is 17.1 Å². The van der Waals surface area contributed by atoms with Crippen LogP contribution >= 0.6 is 0 Å². The van der Waals surface area contributed by atoms with Crippen molar-refractivity contribution in [2.24, 2.45) is 0 Å². The molecule has 0 aliphatic heterocycles. The average Bonchev–Trinajstić information content (AvgIpc) is 3.25. The van der Waals surface area contributed by atoms with Crippen LogP contribution in [-0.4, -0.2) is 33.9 Å². The molecule has 118 valence electrons. The van der Waals surface area contributed by atoms with Crippen molar-refractivity contribution in [2.45, 2.75) is 6.42 Å². The van der Waals surface area contributed by atoms with Crippen LogP contribution in [-0.2, 0) is 0 Å². The molecule has 23 heavy (non-hydrogen) atoms. The van der Waals surface area contributed by atoms with Crippen LogP contribution in [0, 0.1) is 0 Å². The second-order valence-electron chi connectivity index (χ2n) is 4.97. The van der Waals surface area contributed by atoms with Gasteiger partial charge >= 0.3 is 0 Å². The zero-order valence-electron chi connectivity index (χ0n) is 12.5. The van der Waals surface area contributed by atoms with Gasteiger partial charge in [-0.05, 0) is 30.7 Å². The second kappa shape index (κ2) is 6.93. The molecule has 3 rings (SSSR count). The van der Waals surface area contributed by atoms with Gasteiger partial charge in [0.15, 0.2) is 5.76 Å². The van der Waals surface area contributed by atoms with E-state index < -0.39 is 0 Å². The molecule has 1 aromatic carbocycles. The van der Waals surface area contributed by atoms with Crippen LogP contribution in [0.1, 0.15) is 16.9 Å². The average molecular weight is 311 g/mol. The van der Waals surface area contributed by atoms with E-state index in [1.807, 2.05) is 30.3 Å². The number of nitrogens with zero attached hydrogens (tertiary/aromatic N) is 2. The van der Waals surface area contributed by atoms with Crippen molar-refractivity contribution in [3.05, 3.63) is 60.5 Å². The first-order valence-corrected chi connectivity index (χ1v) is 7.38. The number of aromatic nitrogens is 2. The van der Waals surface area contributed by atoms with Crippen molar-refractivity contribution in [1.82, 2.24) is 15.1 Å². The van der Waals surface area contributed by atoms with E-state index in [0.717, 1.165) is 5.69 Å². The molecule has 2 aromatic heterocycles. The Morgan fingerprint density at radius 2 is 2.04 bits per heavy atom. The van der Waals surface area contributed by atoms with Gasteiger partial charge in [-0.1, -0.05) is 18.2 Å². The predicted octanol–water partition coefficient (Wildman–Crippen LogP) is 2.24. The number of carbonyl (C=O) groups excluding carboxylic acids is 1. The molecule has 2 heterocycles. The number of carbonyl (C=O) groups is 1. The highest BCUT2D eigenvalue weighted by Gasteiger charge is 2.18. The Bertz CT molecular complexity index is 764. The number of aliphatic hydroxyl groups excluding tert-OH is 1. The molecule has 6 nitrogen and oxygen atoms in total. The van der Waals surface area contributed by atoms with Gasteiger partial charge in [0, 0.05) is 19.2 Å². The maximum absolute atomic E-state index is 12.4. The van der Waals surface area contributed by atoms with E-state index in [9.17, 15) is 4.79 Å². The largest absolute Gasteiger partial charge is 0.463 e. The Morgan fingerprint density at radius 1 is 1.22 bits per heavy atom. The van der Waals surface area contributed by atoms with Crippen LogP contribution in [0.15, 0.2) is 59.2 Å². The van der Waals surface area contributed by atoms with Crippen LogP contribution in [0.3, 0.4) is 0 Å². The number of para-hydroxylation sites is 1. The number of benzene rings is 1. The highest BCUT2D eigenvalue weighted by Crippen LogP contribution is 2.22. The van der Waals surface area contributed by atoms with Crippen LogP contribution in [0.2, 0.25) is 0 Å². The minimum absolute atomic E-state index is 0.0376. The van der Waals surface area contributed by atoms with Crippen molar-refractivity contribution < 1.29 is 14.3 Å². The van der Waals surface area contributed by atoms with Crippen molar-refractivity contribution in [3.8, 4) is 17.1 Å². The molecule has 0 bridgehead atoms. The first-order valence-electron chi connectivity index (χ1n) is 7.38. The molecule has 0 fully saturated rings. The third-order valence-electron chi connectivity index (χ3n) is 3.34. The lowest BCUT2D eigenvalue weighted by Crippen LogP contribution is -2.27. The number of furan rings is 1. The third kappa shape index (κ3) is 3.32. The SMILES string of the molecule is O=C(NCCCO)c1cc(-c2ccco2)nn1-c1ccccc1. The maximum atomic E-state index is 12.4. The molecule has 0 atom stereocenters. The molecule has 2 N–H and O–H groups in total. The van der Waals surface area contributed by atoms with Crippen molar-refractivity contribution >= 4 is 5.91 Å². The van der Waals surface area contributed by atoms with E-state index in [1.165, 1.54) is 0 Å². The summed E-state index contributed by atoms with van der Waals surface area (Å²) in [7, 11) is 0. The van der Waals surface area contributed by atoms with Crippen LogP contribution in [0.5, 0.6) is 0 Å². The van der Waals surface area contributed by atoms with E-state index in [-0.39, 0.29) is 12.5 Å². The Hall–Kier alpha value is -2.86. The zero-order chi connectivity index (χ0) is 16.1. The number of amides is 1. The smallest absolute Gasteiger partial charge is 0.270 e. The van der Waals surface area contributed by atoms with Crippen LogP contribution in [0.4, 0.5) is 0 Å². The molecule has 1 amide bonds. The third-order valence-corrected chi connectivity index (χ3v) is 3.34. The van der Waals surface area contributed by atoms with Gasteiger partial charge in [-0.25, -0.2) is 4.68 Å². The molecule has 0 aliphatic carbocycles. The summed E-state index contributed by atoms with van der Waals surface area (Å²) < 4.78 is 6.95. The molecule has 0 aliphatic rings. The standard InChI is InChI=1S/C17H17N3O3/c21-10-5-9-18-17(22)15-12-14(16-8-4-11-23-16)19-20(15)13-6-2-1-3-7-13/h1-4,6-8,11-12,21H,5,9-10H2,(H,18,22). The van der Waals surface area contributed by atoms with E-state index in [4.69, 9.17) is 9.52 Å². The van der Waals surface area contributed by atoms with Gasteiger partial charge in [0.2, 0.25) is 0 Å². The molecule has 6 heteroatoms. The van der Waals surface area contributed by atoms with Gasteiger partial charge in [0.05, 0.1) is 12.0 Å². The summed E-state index contributed by atoms with van der Waals surface area (Å²) in [5, 5.41) is 16.1. The van der Waals surface area contributed by atoms with E-state index in [2.05, 4.69) is 10.4 Å². The zero-order valence-corrected chi connectivity index (χ0v) is 12.5. The number of rotatable bonds is 6. The first-order chi connectivity index (χ1) is 11.3. The topological polar surface area (TPSA) is 80.3 Å². The molecule has 0 unspecified atom stereocenters. The van der Waals surface area contributed by atoms with E-state index in [0.29, 0.717) is 30.1 Å². The Labute approximate surface area is 133 Å². The minimum Gasteiger partial charge on any atom is -0.463 e. The fourth-order valence-electron chi connectivity index (χ4n) is 2.23. The second-order valence-corrected chi connectivity index (χ2v) is 4.97. The molecular formula is C17H17N3O3. The summed E-state index contributed by atoms with van der Waals surface area (Å²) >= 11 is 0. The molecule has 0 saturated carbocycles. The van der Waals surface area contributed by atoms with Crippen molar-refractivity contribution in [2.75, 3.05) is 13.2 Å². The Balaban J connectivity index is 1.97. The Kier molecular flexibility index (Phi) is 4.54.